The number of furan rings is 1. The predicted octanol–water partition coefficient (Wildman–Crippen LogP) is 1.22. The molecule has 1 aromatic heterocycles. The molecule has 0 radical (unpaired) electrons. The molecule has 0 aliphatic rings. The SMILES string of the molecule is Cc1cccc(CC(CNC(=O)c2cc(S(N)(=O)=O)c(C)o2)C(=O)O)c1. The van der Waals surface area contributed by atoms with Crippen LogP contribution in [-0.4, -0.2) is 31.9 Å². The maximum atomic E-state index is 12.1. The summed E-state index contributed by atoms with van der Waals surface area (Å²) >= 11 is 0. The summed E-state index contributed by atoms with van der Waals surface area (Å²) in [6, 6.07) is 8.47. The van der Waals surface area contributed by atoms with Crippen molar-refractivity contribution in [2.75, 3.05) is 6.54 Å². The highest BCUT2D eigenvalue weighted by Gasteiger charge is 2.23. The van der Waals surface area contributed by atoms with Gasteiger partial charge in [0.25, 0.3) is 5.91 Å². The maximum Gasteiger partial charge on any atom is 0.308 e. The molecule has 0 fully saturated rings. The molecule has 1 heterocycles. The third-order valence-corrected chi connectivity index (χ3v) is 4.84. The lowest BCUT2D eigenvalue weighted by molar-refractivity contribution is -0.141. The molecule has 0 saturated carbocycles. The van der Waals surface area contributed by atoms with E-state index in [1.807, 2.05) is 31.2 Å². The van der Waals surface area contributed by atoms with Crippen LogP contribution in [0.5, 0.6) is 0 Å². The van der Waals surface area contributed by atoms with Gasteiger partial charge in [-0.15, -0.1) is 0 Å². The number of nitrogens with two attached hydrogens (primary N) is 1. The second-order valence-corrected chi connectivity index (χ2v) is 7.54. The lowest BCUT2D eigenvalue weighted by Gasteiger charge is -2.13. The fourth-order valence-corrected chi connectivity index (χ4v) is 3.25. The van der Waals surface area contributed by atoms with E-state index in [-0.39, 0.29) is 29.4 Å². The van der Waals surface area contributed by atoms with Gasteiger partial charge in [-0.25, -0.2) is 13.6 Å². The molecule has 9 heteroatoms. The van der Waals surface area contributed by atoms with E-state index < -0.39 is 27.8 Å². The summed E-state index contributed by atoms with van der Waals surface area (Å²) in [4.78, 5) is 23.3. The Morgan fingerprint density at radius 1 is 1.27 bits per heavy atom. The van der Waals surface area contributed by atoms with Crippen molar-refractivity contribution in [2.24, 2.45) is 11.1 Å². The molecule has 1 atom stereocenters. The topological polar surface area (TPSA) is 140 Å². The number of aryl methyl sites for hydroxylation is 2. The minimum absolute atomic E-state index is 0.00723. The Labute approximate surface area is 151 Å². The number of rotatable bonds is 7. The van der Waals surface area contributed by atoms with Gasteiger partial charge in [-0.1, -0.05) is 29.8 Å². The van der Waals surface area contributed by atoms with E-state index in [0.29, 0.717) is 0 Å². The summed E-state index contributed by atoms with van der Waals surface area (Å²) in [5.74, 6) is -2.85. The van der Waals surface area contributed by atoms with E-state index in [2.05, 4.69) is 5.32 Å². The van der Waals surface area contributed by atoms with Crippen LogP contribution in [0.1, 0.15) is 27.4 Å². The number of carbonyl (C=O) groups is 2. The zero-order valence-corrected chi connectivity index (χ0v) is 15.2. The highest BCUT2D eigenvalue weighted by molar-refractivity contribution is 7.89. The van der Waals surface area contributed by atoms with Crippen LogP contribution in [0.2, 0.25) is 0 Å². The van der Waals surface area contributed by atoms with Crippen LogP contribution in [0.3, 0.4) is 0 Å². The second-order valence-electron chi connectivity index (χ2n) is 6.01. The van der Waals surface area contributed by atoms with Crippen molar-refractivity contribution in [3.63, 3.8) is 0 Å². The Balaban J connectivity index is 2.07. The largest absolute Gasteiger partial charge is 0.481 e. The van der Waals surface area contributed by atoms with Gasteiger partial charge >= 0.3 is 5.97 Å². The first-order valence-corrected chi connectivity index (χ1v) is 9.32. The first kappa shape index (κ1) is 19.7. The number of hydrogen-bond donors (Lipinski definition) is 3. The quantitative estimate of drug-likeness (QED) is 0.660. The third-order valence-electron chi connectivity index (χ3n) is 3.83. The van der Waals surface area contributed by atoms with Gasteiger partial charge in [0, 0.05) is 12.6 Å². The van der Waals surface area contributed by atoms with E-state index in [4.69, 9.17) is 9.56 Å². The third kappa shape index (κ3) is 4.93. The van der Waals surface area contributed by atoms with Crippen molar-refractivity contribution >= 4 is 21.9 Å². The van der Waals surface area contributed by atoms with Crippen molar-refractivity contribution in [3.8, 4) is 0 Å². The van der Waals surface area contributed by atoms with Crippen LogP contribution < -0.4 is 10.5 Å². The van der Waals surface area contributed by atoms with E-state index in [1.165, 1.54) is 6.92 Å². The van der Waals surface area contributed by atoms with Gasteiger partial charge in [-0.3, -0.25) is 9.59 Å². The number of hydrogen-bond acceptors (Lipinski definition) is 5. The maximum absolute atomic E-state index is 12.1. The van der Waals surface area contributed by atoms with Crippen molar-refractivity contribution in [1.82, 2.24) is 5.32 Å². The molecule has 1 unspecified atom stereocenters. The highest BCUT2D eigenvalue weighted by Crippen LogP contribution is 2.18. The van der Waals surface area contributed by atoms with Crippen molar-refractivity contribution < 1.29 is 27.5 Å². The number of benzene rings is 1. The summed E-state index contributed by atoms with van der Waals surface area (Å²) in [6.45, 7) is 3.14. The zero-order chi connectivity index (χ0) is 19.5. The summed E-state index contributed by atoms with van der Waals surface area (Å²) < 4.78 is 27.9. The lowest BCUT2D eigenvalue weighted by Crippen LogP contribution is -2.34. The fourth-order valence-electron chi connectivity index (χ4n) is 2.53. The van der Waals surface area contributed by atoms with Crippen molar-refractivity contribution in [2.45, 2.75) is 25.2 Å². The summed E-state index contributed by atoms with van der Waals surface area (Å²) in [5, 5.41) is 16.9. The van der Waals surface area contributed by atoms with E-state index in [0.717, 1.165) is 17.2 Å². The number of carbonyl (C=O) groups excluding carboxylic acids is 1. The molecule has 140 valence electrons. The van der Waals surface area contributed by atoms with Gasteiger partial charge in [0.05, 0.1) is 5.92 Å². The first-order valence-electron chi connectivity index (χ1n) is 7.77. The molecule has 0 aliphatic heterocycles. The molecule has 2 rings (SSSR count). The molecule has 0 aliphatic carbocycles. The number of carboxylic acid groups (broad SMARTS) is 1. The Morgan fingerprint density at radius 3 is 2.50 bits per heavy atom. The molecule has 0 saturated heterocycles. The van der Waals surface area contributed by atoms with Gasteiger partial charge in [0.15, 0.2) is 5.76 Å². The molecule has 1 amide bonds. The standard InChI is InChI=1S/C17H20N2O6S/c1-10-4-3-5-12(6-10)7-13(17(21)22)9-19-16(20)14-8-15(11(2)25-14)26(18,23)24/h3-6,8,13H,7,9H2,1-2H3,(H,19,20)(H,21,22)(H2,18,23,24). The molecule has 1 aromatic carbocycles. The summed E-state index contributed by atoms with van der Waals surface area (Å²) in [5.41, 5.74) is 1.86. The molecular weight excluding hydrogens is 360 g/mol. The normalized spacial score (nSPS) is 12.6. The van der Waals surface area contributed by atoms with E-state index >= 15 is 0 Å². The Morgan fingerprint density at radius 2 is 1.96 bits per heavy atom. The van der Waals surface area contributed by atoms with Crippen LogP contribution in [0.4, 0.5) is 0 Å². The van der Waals surface area contributed by atoms with Gasteiger partial charge in [-0.2, -0.15) is 0 Å². The molecule has 8 nitrogen and oxygen atoms in total. The predicted molar refractivity (Wildman–Crippen MR) is 93.2 cm³/mol. The minimum atomic E-state index is -4.00. The number of aliphatic carboxylic acids is 1. The summed E-state index contributed by atoms with van der Waals surface area (Å²) in [6.07, 6.45) is 0.247. The average molecular weight is 380 g/mol. The van der Waals surface area contributed by atoms with Gasteiger partial charge in [-0.05, 0) is 25.8 Å². The van der Waals surface area contributed by atoms with Gasteiger partial charge in [0.1, 0.15) is 10.7 Å². The van der Waals surface area contributed by atoms with Gasteiger partial charge < -0.3 is 14.8 Å². The molecule has 4 N–H and O–H groups in total. The molecule has 2 aromatic rings. The number of sulfonamides is 1. The number of carboxylic acids is 1. The van der Waals surface area contributed by atoms with Crippen LogP contribution in [0.25, 0.3) is 0 Å². The van der Waals surface area contributed by atoms with E-state index in [9.17, 15) is 23.1 Å². The van der Waals surface area contributed by atoms with Gasteiger partial charge in [0.2, 0.25) is 10.0 Å². The summed E-state index contributed by atoms with van der Waals surface area (Å²) in [7, 11) is -4.00. The Kier molecular flexibility index (Phi) is 5.83. The number of primary sulfonamides is 1. The van der Waals surface area contributed by atoms with Crippen LogP contribution in [0, 0.1) is 19.8 Å². The van der Waals surface area contributed by atoms with Crippen molar-refractivity contribution in [3.05, 3.63) is 53.0 Å². The van der Waals surface area contributed by atoms with E-state index in [1.54, 1.807) is 0 Å². The molecule has 0 bridgehead atoms. The lowest BCUT2D eigenvalue weighted by atomic mass is 9.98. The molecule has 26 heavy (non-hydrogen) atoms. The Bertz CT molecular complexity index is 932. The van der Waals surface area contributed by atoms with Crippen molar-refractivity contribution in [1.29, 1.82) is 0 Å². The van der Waals surface area contributed by atoms with Crippen LogP contribution in [0.15, 0.2) is 39.6 Å². The van der Waals surface area contributed by atoms with Crippen LogP contribution in [-0.2, 0) is 21.2 Å². The smallest absolute Gasteiger partial charge is 0.308 e. The fraction of sp³-hybridized carbons (Fsp3) is 0.294. The second kappa shape index (κ2) is 7.71. The highest BCUT2D eigenvalue weighted by atomic mass is 32.2. The van der Waals surface area contributed by atoms with Crippen LogP contribution >= 0.6 is 0 Å². The minimum Gasteiger partial charge on any atom is -0.481 e. The Hall–Kier alpha value is -2.65. The number of amides is 1. The first-order chi connectivity index (χ1) is 12.1. The number of nitrogens with one attached hydrogen (secondary N) is 1. The average Bonchev–Trinajstić information content (AvgIpc) is 2.93. The zero-order valence-electron chi connectivity index (χ0n) is 14.4. The molecular formula is C17H20N2O6S. The molecule has 0 spiro atoms. The monoisotopic (exact) mass is 380 g/mol.